The minimum absolute atomic E-state index is 0.0196. The molecular weight excluding hydrogens is 354 g/mol. The fourth-order valence-corrected chi connectivity index (χ4v) is 3.65. The van der Waals surface area contributed by atoms with Crippen LogP contribution >= 0.6 is 0 Å². The molecule has 1 aromatic heterocycles. The fraction of sp³-hybridized carbons (Fsp3) is 0.130. The van der Waals surface area contributed by atoms with Gasteiger partial charge in [-0.1, -0.05) is 48.0 Å². The van der Waals surface area contributed by atoms with Gasteiger partial charge in [-0.2, -0.15) is 0 Å². The molecule has 140 valence electrons. The van der Waals surface area contributed by atoms with Gasteiger partial charge in [-0.05, 0) is 43.2 Å². The van der Waals surface area contributed by atoms with Crippen LogP contribution in [0.4, 0.5) is 5.69 Å². The first-order chi connectivity index (χ1) is 13.5. The molecule has 1 unspecified atom stereocenters. The van der Waals surface area contributed by atoms with E-state index in [1.54, 1.807) is 6.07 Å². The minimum Gasteiger partial charge on any atom is -0.503 e. The molecule has 0 aliphatic carbocycles. The Kier molecular flexibility index (Phi) is 4.35. The van der Waals surface area contributed by atoms with Crippen molar-refractivity contribution in [2.75, 3.05) is 4.90 Å². The number of ketones is 1. The number of carbonyl (C=O) groups excluding carboxylic acids is 2. The lowest BCUT2D eigenvalue weighted by Crippen LogP contribution is -2.31. The highest BCUT2D eigenvalue weighted by Crippen LogP contribution is 2.42. The number of aryl methyl sites for hydroxylation is 2. The Morgan fingerprint density at radius 1 is 1.04 bits per heavy atom. The number of Topliss-reactive ketones (excluding diaryl/α,β-unsaturated/α-hetero) is 1. The molecule has 1 atom stereocenters. The summed E-state index contributed by atoms with van der Waals surface area (Å²) in [5, 5.41) is 10.7. The number of nitrogens with zero attached hydrogens (tertiary/aromatic N) is 1. The minimum atomic E-state index is -0.743. The predicted molar refractivity (Wildman–Crippen MR) is 105 cm³/mol. The summed E-state index contributed by atoms with van der Waals surface area (Å²) < 4.78 is 5.23. The smallest absolute Gasteiger partial charge is 0.294 e. The summed E-state index contributed by atoms with van der Waals surface area (Å²) in [4.78, 5) is 27.6. The largest absolute Gasteiger partial charge is 0.503 e. The molecule has 0 fully saturated rings. The number of benzene rings is 2. The van der Waals surface area contributed by atoms with Crippen LogP contribution in [0.3, 0.4) is 0 Å². The molecule has 4 rings (SSSR count). The zero-order chi connectivity index (χ0) is 19.8. The average Bonchev–Trinajstić information content (AvgIpc) is 3.31. The van der Waals surface area contributed by atoms with Gasteiger partial charge < -0.3 is 9.52 Å². The second kappa shape index (κ2) is 6.85. The van der Waals surface area contributed by atoms with E-state index >= 15 is 0 Å². The highest BCUT2D eigenvalue weighted by molar-refractivity contribution is 6.20. The summed E-state index contributed by atoms with van der Waals surface area (Å²) in [7, 11) is 0. The third kappa shape index (κ3) is 2.81. The summed E-state index contributed by atoms with van der Waals surface area (Å²) in [5.74, 6) is -1.57. The van der Waals surface area contributed by atoms with Crippen molar-refractivity contribution in [3.05, 3.63) is 101 Å². The van der Waals surface area contributed by atoms with Crippen LogP contribution in [-0.4, -0.2) is 16.8 Å². The summed E-state index contributed by atoms with van der Waals surface area (Å²) in [6, 6.07) is 17.3. The molecule has 2 aromatic carbocycles. The monoisotopic (exact) mass is 373 g/mol. The van der Waals surface area contributed by atoms with Crippen molar-refractivity contribution >= 4 is 17.4 Å². The van der Waals surface area contributed by atoms with Crippen LogP contribution in [0.1, 0.15) is 33.3 Å². The number of anilines is 1. The molecule has 1 N–H and O–H groups in total. The van der Waals surface area contributed by atoms with Crippen molar-refractivity contribution in [1.29, 1.82) is 0 Å². The molecule has 2 heterocycles. The maximum Gasteiger partial charge on any atom is 0.294 e. The normalized spacial score (nSPS) is 16.7. The molecule has 5 heteroatoms. The average molecular weight is 373 g/mol. The highest BCUT2D eigenvalue weighted by Gasteiger charge is 2.45. The van der Waals surface area contributed by atoms with E-state index in [0.29, 0.717) is 5.69 Å². The maximum absolute atomic E-state index is 13.1. The lowest BCUT2D eigenvalue weighted by molar-refractivity contribution is -0.117. The molecule has 1 amide bonds. The predicted octanol–water partition coefficient (Wildman–Crippen LogP) is 4.68. The SMILES string of the molecule is Cc1ccc(N2C(=O)C(O)=C(C(=O)c3ccco3)C2c2ccccc2)c(C)c1. The quantitative estimate of drug-likeness (QED) is 0.674. The number of carbonyl (C=O) groups is 2. The van der Waals surface area contributed by atoms with Gasteiger partial charge >= 0.3 is 0 Å². The van der Waals surface area contributed by atoms with E-state index in [-0.39, 0.29) is 11.3 Å². The molecule has 1 aliphatic rings. The summed E-state index contributed by atoms with van der Waals surface area (Å²) in [6.45, 7) is 3.87. The van der Waals surface area contributed by atoms with E-state index in [1.807, 2.05) is 62.4 Å². The molecule has 0 bridgehead atoms. The number of furan rings is 1. The third-order valence-electron chi connectivity index (χ3n) is 4.92. The topological polar surface area (TPSA) is 70.8 Å². The van der Waals surface area contributed by atoms with Gasteiger partial charge in [-0.15, -0.1) is 0 Å². The first-order valence-corrected chi connectivity index (χ1v) is 8.96. The van der Waals surface area contributed by atoms with Gasteiger partial charge in [0.15, 0.2) is 11.5 Å². The van der Waals surface area contributed by atoms with Crippen molar-refractivity contribution in [2.45, 2.75) is 19.9 Å². The standard InChI is InChI=1S/C23H19NO4/c1-14-10-11-17(15(2)13-14)24-20(16-7-4-3-5-8-16)19(22(26)23(24)27)21(25)18-9-6-12-28-18/h3-13,20,26H,1-2H3. The molecule has 0 saturated heterocycles. The Morgan fingerprint density at radius 3 is 2.43 bits per heavy atom. The Bertz CT molecular complexity index is 1080. The fourth-order valence-electron chi connectivity index (χ4n) is 3.65. The third-order valence-corrected chi connectivity index (χ3v) is 4.92. The summed E-state index contributed by atoms with van der Waals surface area (Å²) in [5.41, 5.74) is 3.35. The number of hydrogen-bond donors (Lipinski definition) is 1. The number of hydrogen-bond acceptors (Lipinski definition) is 4. The Hall–Kier alpha value is -3.60. The summed E-state index contributed by atoms with van der Waals surface area (Å²) in [6.07, 6.45) is 1.39. The van der Waals surface area contributed by atoms with E-state index in [9.17, 15) is 14.7 Å². The highest BCUT2D eigenvalue weighted by atomic mass is 16.3. The van der Waals surface area contributed by atoms with Crippen molar-refractivity contribution in [1.82, 2.24) is 0 Å². The molecular formula is C23H19NO4. The van der Waals surface area contributed by atoms with Crippen LogP contribution in [0, 0.1) is 13.8 Å². The van der Waals surface area contributed by atoms with Gasteiger partial charge in [-0.25, -0.2) is 0 Å². The van der Waals surface area contributed by atoms with Crippen molar-refractivity contribution in [3.63, 3.8) is 0 Å². The van der Waals surface area contributed by atoms with Crippen LogP contribution in [0.25, 0.3) is 0 Å². The van der Waals surface area contributed by atoms with Crippen molar-refractivity contribution < 1.29 is 19.1 Å². The van der Waals surface area contributed by atoms with E-state index < -0.39 is 23.5 Å². The number of amides is 1. The molecule has 0 radical (unpaired) electrons. The molecule has 0 spiro atoms. The number of aliphatic hydroxyl groups excluding tert-OH is 1. The van der Waals surface area contributed by atoms with E-state index in [1.165, 1.54) is 17.2 Å². The van der Waals surface area contributed by atoms with Crippen molar-refractivity contribution in [2.24, 2.45) is 0 Å². The molecule has 1 aliphatic heterocycles. The van der Waals surface area contributed by atoms with Crippen LogP contribution in [-0.2, 0) is 4.79 Å². The van der Waals surface area contributed by atoms with Crippen LogP contribution in [0.5, 0.6) is 0 Å². The van der Waals surface area contributed by atoms with Gasteiger partial charge in [0.25, 0.3) is 5.91 Å². The number of rotatable bonds is 4. The Labute approximate surface area is 162 Å². The first kappa shape index (κ1) is 17.8. The lowest BCUT2D eigenvalue weighted by Gasteiger charge is -2.28. The first-order valence-electron chi connectivity index (χ1n) is 8.96. The van der Waals surface area contributed by atoms with Crippen LogP contribution in [0.15, 0.2) is 82.7 Å². The van der Waals surface area contributed by atoms with Gasteiger partial charge in [-0.3, -0.25) is 14.5 Å². The van der Waals surface area contributed by atoms with E-state index in [4.69, 9.17) is 4.42 Å². The zero-order valence-electron chi connectivity index (χ0n) is 15.5. The Balaban J connectivity index is 1.90. The van der Waals surface area contributed by atoms with Crippen LogP contribution < -0.4 is 4.90 Å². The van der Waals surface area contributed by atoms with Gasteiger partial charge in [0, 0.05) is 5.69 Å². The molecule has 28 heavy (non-hydrogen) atoms. The Morgan fingerprint density at radius 2 is 1.79 bits per heavy atom. The number of aliphatic hydroxyl groups is 1. The van der Waals surface area contributed by atoms with E-state index in [2.05, 4.69) is 0 Å². The molecule has 3 aromatic rings. The summed E-state index contributed by atoms with van der Waals surface area (Å²) >= 11 is 0. The second-order valence-electron chi connectivity index (χ2n) is 6.85. The van der Waals surface area contributed by atoms with Gasteiger partial charge in [0.05, 0.1) is 17.9 Å². The zero-order valence-corrected chi connectivity index (χ0v) is 15.5. The maximum atomic E-state index is 13.1. The van der Waals surface area contributed by atoms with Crippen molar-refractivity contribution in [3.8, 4) is 0 Å². The van der Waals surface area contributed by atoms with Gasteiger partial charge in [0.1, 0.15) is 0 Å². The lowest BCUT2D eigenvalue weighted by atomic mass is 9.94. The molecule has 5 nitrogen and oxygen atoms in total. The van der Waals surface area contributed by atoms with E-state index in [0.717, 1.165) is 16.7 Å². The van der Waals surface area contributed by atoms with Crippen LogP contribution in [0.2, 0.25) is 0 Å². The molecule has 0 saturated carbocycles. The second-order valence-corrected chi connectivity index (χ2v) is 6.85. The van der Waals surface area contributed by atoms with Gasteiger partial charge in [0.2, 0.25) is 5.78 Å².